The van der Waals surface area contributed by atoms with Gasteiger partial charge in [-0.15, -0.1) is 0 Å². The van der Waals surface area contributed by atoms with E-state index >= 15 is 0 Å². The summed E-state index contributed by atoms with van der Waals surface area (Å²) in [6.45, 7) is 6.54. The van der Waals surface area contributed by atoms with Crippen LogP contribution in [0.4, 0.5) is 4.39 Å². The van der Waals surface area contributed by atoms with Crippen LogP contribution in [0.1, 0.15) is 25.5 Å². The molecule has 0 bridgehead atoms. The molecule has 2 unspecified atom stereocenters. The lowest BCUT2D eigenvalue weighted by atomic mass is 10.00. The van der Waals surface area contributed by atoms with Crippen molar-refractivity contribution in [3.05, 3.63) is 34.6 Å². The molecule has 1 aromatic carbocycles. The summed E-state index contributed by atoms with van der Waals surface area (Å²) >= 11 is 6.16. The van der Waals surface area contributed by atoms with E-state index in [9.17, 15) is 4.39 Å². The lowest BCUT2D eigenvalue weighted by Crippen LogP contribution is -2.51. The molecule has 1 aliphatic rings. The van der Waals surface area contributed by atoms with E-state index < -0.39 is 0 Å². The van der Waals surface area contributed by atoms with Gasteiger partial charge in [0.25, 0.3) is 0 Å². The Labute approximate surface area is 124 Å². The van der Waals surface area contributed by atoms with Crippen molar-refractivity contribution in [3.63, 3.8) is 0 Å². The minimum absolute atomic E-state index is 0.157. The molecule has 2 rings (SSSR count). The van der Waals surface area contributed by atoms with E-state index in [1.54, 1.807) is 6.07 Å². The van der Waals surface area contributed by atoms with Gasteiger partial charge >= 0.3 is 0 Å². The Morgan fingerprint density at radius 1 is 1.50 bits per heavy atom. The molecule has 1 fully saturated rings. The lowest BCUT2D eigenvalue weighted by molar-refractivity contribution is -0.0561. The summed E-state index contributed by atoms with van der Waals surface area (Å²) < 4.78 is 19.2. The maximum atomic E-state index is 13.4. The number of nitrogens with zero attached hydrogens (tertiary/aromatic N) is 1. The van der Waals surface area contributed by atoms with Crippen LogP contribution in [0.2, 0.25) is 5.02 Å². The van der Waals surface area contributed by atoms with E-state index in [0.29, 0.717) is 23.2 Å². The van der Waals surface area contributed by atoms with Gasteiger partial charge in [0.05, 0.1) is 18.8 Å². The molecule has 1 aromatic rings. The highest BCUT2D eigenvalue weighted by Crippen LogP contribution is 2.29. The second-order valence-corrected chi connectivity index (χ2v) is 5.72. The summed E-state index contributed by atoms with van der Waals surface area (Å²) in [6.07, 6.45) is -0.157. The Kier molecular flexibility index (Phi) is 5.35. The second-order valence-electron chi connectivity index (χ2n) is 5.31. The first kappa shape index (κ1) is 15.7. The fraction of sp³-hybridized carbons (Fsp3) is 0.571. The van der Waals surface area contributed by atoms with E-state index in [2.05, 4.69) is 24.2 Å². The molecule has 0 spiro atoms. The molecule has 1 saturated heterocycles. The molecule has 20 heavy (non-hydrogen) atoms. The third kappa shape index (κ3) is 3.48. The zero-order valence-electron chi connectivity index (χ0n) is 11.8. The van der Waals surface area contributed by atoms with Crippen LogP contribution in [0.3, 0.4) is 0 Å². The van der Waals surface area contributed by atoms with E-state index in [0.717, 1.165) is 13.1 Å². The van der Waals surface area contributed by atoms with Crippen molar-refractivity contribution in [2.45, 2.75) is 32.0 Å². The number of rotatable bonds is 4. The third-order valence-corrected chi connectivity index (χ3v) is 4.04. The summed E-state index contributed by atoms with van der Waals surface area (Å²) in [5.74, 6) is 5.31. The molecule has 1 heterocycles. The van der Waals surface area contributed by atoms with Crippen molar-refractivity contribution < 1.29 is 9.13 Å². The Morgan fingerprint density at radius 2 is 2.25 bits per heavy atom. The number of morpholine rings is 1. The first-order chi connectivity index (χ1) is 9.52. The van der Waals surface area contributed by atoms with Crippen molar-refractivity contribution in [1.82, 2.24) is 10.3 Å². The standard InChI is InChI=1S/C14H21ClFN3O/c1-9(2)19-5-6-20-13(8-19)14(18-17)11-7-10(16)3-4-12(11)15/h3-4,7,9,13-14,18H,5-6,8,17H2,1-2H3. The molecule has 0 amide bonds. The maximum absolute atomic E-state index is 13.4. The summed E-state index contributed by atoms with van der Waals surface area (Å²) in [4.78, 5) is 2.31. The Balaban J connectivity index is 2.21. The van der Waals surface area contributed by atoms with Crippen LogP contribution in [0.5, 0.6) is 0 Å². The van der Waals surface area contributed by atoms with Crippen molar-refractivity contribution in [1.29, 1.82) is 0 Å². The quantitative estimate of drug-likeness (QED) is 0.660. The molecule has 4 nitrogen and oxygen atoms in total. The van der Waals surface area contributed by atoms with Gasteiger partial charge in [0.2, 0.25) is 0 Å². The SMILES string of the molecule is CC(C)N1CCOC(C(NN)c2cc(F)ccc2Cl)C1. The summed E-state index contributed by atoms with van der Waals surface area (Å²) in [6, 6.07) is 4.38. The molecule has 2 atom stereocenters. The summed E-state index contributed by atoms with van der Waals surface area (Å²) in [5, 5.41) is 0.486. The number of ether oxygens (including phenoxy) is 1. The van der Waals surface area contributed by atoms with Gasteiger partial charge in [-0.2, -0.15) is 0 Å². The minimum Gasteiger partial charge on any atom is -0.374 e. The Morgan fingerprint density at radius 3 is 2.90 bits per heavy atom. The van der Waals surface area contributed by atoms with Crippen molar-refractivity contribution >= 4 is 11.6 Å². The number of hydrogen-bond acceptors (Lipinski definition) is 4. The largest absolute Gasteiger partial charge is 0.374 e. The zero-order valence-corrected chi connectivity index (χ0v) is 12.5. The van der Waals surface area contributed by atoms with Gasteiger partial charge in [-0.1, -0.05) is 11.6 Å². The second kappa shape index (κ2) is 6.83. The van der Waals surface area contributed by atoms with Gasteiger partial charge in [-0.05, 0) is 37.6 Å². The molecular formula is C14H21ClFN3O. The fourth-order valence-corrected chi connectivity index (χ4v) is 2.75. The normalized spacial score (nSPS) is 22.2. The predicted molar refractivity (Wildman–Crippen MR) is 77.9 cm³/mol. The Bertz CT molecular complexity index is 458. The Hall–Kier alpha value is -0.720. The van der Waals surface area contributed by atoms with Gasteiger partial charge in [-0.3, -0.25) is 16.2 Å². The molecular weight excluding hydrogens is 281 g/mol. The first-order valence-corrected chi connectivity index (χ1v) is 7.17. The van der Waals surface area contributed by atoms with E-state index in [-0.39, 0.29) is 18.0 Å². The first-order valence-electron chi connectivity index (χ1n) is 6.79. The highest BCUT2D eigenvalue weighted by Gasteiger charge is 2.31. The number of hydrazine groups is 1. The highest BCUT2D eigenvalue weighted by atomic mass is 35.5. The molecule has 112 valence electrons. The minimum atomic E-state index is -0.334. The topological polar surface area (TPSA) is 50.5 Å². The van der Waals surface area contributed by atoms with Crippen molar-refractivity contribution in [3.8, 4) is 0 Å². The summed E-state index contributed by atoms with van der Waals surface area (Å²) in [7, 11) is 0. The molecule has 1 aliphatic heterocycles. The van der Waals surface area contributed by atoms with Crippen LogP contribution in [0.15, 0.2) is 18.2 Å². The van der Waals surface area contributed by atoms with Gasteiger partial charge in [0.15, 0.2) is 0 Å². The molecule has 0 aliphatic carbocycles. The van der Waals surface area contributed by atoms with Gasteiger partial charge < -0.3 is 4.74 Å². The summed E-state index contributed by atoms with van der Waals surface area (Å²) in [5.41, 5.74) is 3.34. The predicted octanol–water partition coefficient (Wildman–Crippen LogP) is 2.09. The fourth-order valence-electron chi connectivity index (χ4n) is 2.52. The number of benzene rings is 1. The van der Waals surface area contributed by atoms with Gasteiger partial charge in [0, 0.05) is 24.2 Å². The van der Waals surface area contributed by atoms with Crippen LogP contribution >= 0.6 is 11.6 Å². The highest BCUT2D eigenvalue weighted by molar-refractivity contribution is 6.31. The molecule has 6 heteroatoms. The lowest BCUT2D eigenvalue weighted by Gasteiger charge is -2.39. The monoisotopic (exact) mass is 301 g/mol. The van der Waals surface area contributed by atoms with E-state index in [1.165, 1.54) is 12.1 Å². The molecule has 3 N–H and O–H groups in total. The van der Waals surface area contributed by atoms with Crippen molar-refractivity contribution in [2.75, 3.05) is 19.7 Å². The van der Waals surface area contributed by atoms with Crippen LogP contribution in [-0.4, -0.2) is 36.7 Å². The van der Waals surface area contributed by atoms with E-state index in [4.69, 9.17) is 22.2 Å². The van der Waals surface area contributed by atoms with Crippen LogP contribution < -0.4 is 11.3 Å². The molecule has 0 aromatic heterocycles. The average molecular weight is 302 g/mol. The molecule has 0 saturated carbocycles. The average Bonchev–Trinajstić information content (AvgIpc) is 2.44. The number of hydrogen-bond donors (Lipinski definition) is 2. The zero-order chi connectivity index (χ0) is 14.7. The third-order valence-electron chi connectivity index (χ3n) is 3.70. The number of nitrogens with one attached hydrogen (secondary N) is 1. The van der Waals surface area contributed by atoms with Gasteiger partial charge in [-0.25, -0.2) is 4.39 Å². The smallest absolute Gasteiger partial charge is 0.123 e. The van der Waals surface area contributed by atoms with Crippen LogP contribution in [-0.2, 0) is 4.74 Å². The van der Waals surface area contributed by atoms with Crippen LogP contribution in [0.25, 0.3) is 0 Å². The van der Waals surface area contributed by atoms with Crippen molar-refractivity contribution in [2.24, 2.45) is 5.84 Å². The van der Waals surface area contributed by atoms with E-state index in [1.807, 2.05) is 0 Å². The number of halogens is 2. The van der Waals surface area contributed by atoms with Gasteiger partial charge in [0.1, 0.15) is 5.82 Å². The number of nitrogens with two attached hydrogens (primary N) is 1. The van der Waals surface area contributed by atoms with Crippen LogP contribution in [0, 0.1) is 5.82 Å². The maximum Gasteiger partial charge on any atom is 0.123 e. The molecule has 0 radical (unpaired) electrons.